The summed E-state index contributed by atoms with van der Waals surface area (Å²) in [6.45, 7) is 1.58. The first-order valence-corrected chi connectivity index (χ1v) is 12.5. The Morgan fingerprint density at radius 2 is 1.32 bits per heavy atom. The lowest BCUT2D eigenvalue weighted by Crippen LogP contribution is -2.35. The van der Waals surface area contributed by atoms with Crippen LogP contribution in [0.3, 0.4) is 0 Å². The lowest BCUT2D eigenvalue weighted by Gasteiger charge is -2.21. The third kappa shape index (κ3) is 8.76. The number of ether oxygens (including phenoxy) is 2. The van der Waals surface area contributed by atoms with Gasteiger partial charge >= 0.3 is 12.0 Å². The van der Waals surface area contributed by atoms with E-state index in [1.807, 2.05) is 18.2 Å². The SMILES string of the molecule is COc1ccc([C@H](CC(=O)O)NC(=O)[C@H](C)CC(=O)Nc2ccc(NC(=O)Nc3ccccc3)cc2)cc1OC. The zero-order valence-corrected chi connectivity index (χ0v) is 22.4. The van der Waals surface area contributed by atoms with E-state index >= 15 is 0 Å². The molecule has 210 valence electrons. The van der Waals surface area contributed by atoms with E-state index in [2.05, 4.69) is 21.3 Å². The molecular formula is C29H32N4O7. The van der Waals surface area contributed by atoms with Crippen molar-refractivity contribution in [3.63, 3.8) is 0 Å². The third-order valence-electron chi connectivity index (χ3n) is 5.90. The van der Waals surface area contributed by atoms with Crippen LogP contribution in [0, 0.1) is 5.92 Å². The normalized spacial score (nSPS) is 11.9. The summed E-state index contributed by atoms with van der Waals surface area (Å²) in [6, 6.07) is 19.2. The Bertz CT molecular complexity index is 1330. The van der Waals surface area contributed by atoms with E-state index in [-0.39, 0.29) is 12.8 Å². The molecule has 0 heterocycles. The minimum absolute atomic E-state index is 0.128. The van der Waals surface area contributed by atoms with Crippen molar-refractivity contribution >= 4 is 40.9 Å². The molecule has 0 bridgehead atoms. The standard InChI is InChI=1S/C29H32N4O7/c1-18(28(37)33-23(17-27(35)36)19-9-14-24(39-2)25(16-19)40-3)15-26(34)30-21-10-12-22(13-11-21)32-29(38)31-20-7-5-4-6-8-20/h4-14,16,18,23H,15,17H2,1-3H3,(H,30,34)(H,33,37)(H,35,36)(H2,31,32,38)/t18-,23+/m1/s1. The summed E-state index contributed by atoms with van der Waals surface area (Å²) >= 11 is 0. The molecule has 40 heavy (non-hydrogen) atoms. The number of carbonyl (C=O) groups excluding carboxylic acids is 3. The first kappa shape index (κ1) is 29.5. The first-order chi connectivity index (χ1) is 19.2. The number of methoxy groups -OCH3 is 2. The van der Waals surface area contributed by atoms with E-state index < -0.39 is 35.8 Å². The Morgan fingerprint density at radius 3 is 1.90 bits per heavy atom. The van der Waals surface area contributed by atoms with Crippen LogP contribution in [0.15, 0.2) is 72.8 Å². The van der Waals surface area contributed by atoms with Gasteiger partial charge in [0.1, 0.15) is 0 Å². The number of carbonyl (C=O) groups is 4. The maximum atomic E-state index is 12.9. The highest BCUT2D eigenvalue weighted by atomic mass is 16.5. The van der Waals surface area contributed by atoms with Gasteiger partial charge in [-0.25, -0.2) is 4.79 Å². The zero-order chi connectivity index (χ0) is 29.1. The molecular weight excluding hydrogens is 516 g/mol. The number of carboxylic acid groups (broad SMARTS) is 1. The predicted molar refractivity (Wildman–Crippen MR) is 151 cm³/mol. The van der Waals surface area contributed by atoms with E-state index in [0.717, 1.165) is 0 Å². The van der Waals surface area contributed by atoms with Crippen molar-refractivity contribution in [3.05, 3.63) is 78.4 Å². The van der Waals surface area contributed by atoms with Gasteiger partial charge in [0.25, 0.3) is 0 Å². The Kier molecular flexibility index (Phi) is 10.5. The van der Waals surface area contributed by atoms with Crippen molar-refractivity contribution in [1.29, 1.82) is 0 Å². The van der Waals surface area contributed by atoms with Gasteiger partial charge < -0.3 is 35.8 Å². The molecule has 2 atom stereocenters. The number of benzene rings is 3. The molecule has 0 aromatic heterocycles. The Labute approximate surface area is 231 Å². The average molecular weight is 549 g/mol. The van der Waals surface area contributed by atoms with Crippen LogP contribution in [0.5, 0.6) is 11.5 Å². The highest BCUT2D eigenvalue weighted by Gasteiger charge is 2.24. The molecule has 0 saturated carbocycles. The highest BCUT2D eigenvalue weighted by Crippen LogP contribution is 2.31. The lowest BCUT2D eigenvalue weighted by molar-refractivity contribution is -0.138. The monoisotopic (exact) mass is 548 g/mol. The number of hydrogen-bond acceptors (Lipinski definition) is 6. The van der Waals surface area contributed by atoms with Gasteiger partial charge in [0.05, 0.1) is 26.7 Å². The first-order valence-electron chi connectivity index (χ1n) is 12.5. The van der Waals surface area contributed by atoms with E-state index in [4.69, 9.17) is 9.47 Å². The molecule has 0 saturated heterocycles. The molecule has 0 spiro atoms. The third-order valence-corrected chi connectivity index (χ3v) is 5.90. The Morgan fingerprint density at radius 1 is 0.750 bits per heavy atom. The quantitative estimate of drug-likeness (QED) is 0.221. The number of amides is 4. The van der Waals surface area contributed by atoms with Crippen LogP contribution in [-0.2, 0) is 14.4 Å². The summed E-state index contributed by atoms with van der Waals surface area (Å²) in [7, 11) is 2.94. The number of aliphatic carboxylic acids is 1. The van der Waals surface area contributed by atoms with Gasteiger partial charge in [0.15, 0.2) is 11.5 Å². The Balaban J connectivity index is 1.54. The van der Waals surface area contributed by atoms with Crippen LogP contribution in [0.1, 0.15) is 31.4 Å². The van der Waals surface area contributed by atoms with Crippen molar-refractivity contribution in [1.82, 2.24) is 5.32 Å². The molecule has 0 aliphatic heterocycles. The van der Waals surface area contributed by atoms with Crippen LogP contribution < -0.4 is 30.7 Å². The minimum atomic E-state index is -1.10. The number of urea groups is 1. The topological polar surface area (TPSA) is 155 Å². The fourth-order valence-corrected chi connectivity index (χ4v) is 3.85. The molecule has 11 nitrogen and oxygen atoms in total. The molecule has 3 aromatic carbocycles. The lowest BCUT2D eigenvalue weighted by atomic mass is 10.0. The number of rotatable bonds is 12. The van der Waals surface area contributed by atoms with Gasteiger partial charge in [-0.05, 0) is 54.1 Å². The van der Waals surface area contributed by atoms with Crippen molar-refractivity contribution in [3.8, 4) is 11.5 Å². The van der Waals surface area contributed by atoms with Crippen LogP contribution in [0.25, 0.3) is 0 Å². The second-order valence-corrected chi connectivity index (χ2v) is 8.95. The number of para-hydroxylation sites is 1. The average Bonchev–Trinajstić information content (AvgIpc) is 2.93. The molecule has 0 aliphatic rings. The van der Waals surface area contributed by atoms with Gasteiger partial charge in [0.2, 0.25) is 11.8 Å². The second kappa shape index (κ2) is 14.2. The van der Waals surface area contributed by atoms with Gasteiger partial charge in [-0.15, -0.1) is 0 Å². The summed E-state index contributed by atoms with van der Waals surface area (Å²) in [5.41, 5.74) is 2.19. The van der Waals surface area contributed by atoms with Crippen molar-refractivity contribution in [2.45, 2.75) is 25.8 Å². The van der Waals surface area contributed by atoms with Gasteiger partial charge in [-0.3, -0.25) is 14.4 Å². The molecule has 3 rings (SSSR count). The van der Waals surface area contributed by atoms with Crippen molar-refractivity contribution in [2.24, 2.45) is 5.92 Å². The molecule has 0 unspecified atom stereocenters. The molecule has 0 aliphatic carbocycles. The minimum Gasteiger partial charge on any atom is -0.493 e. The molecule has 5 N–H and O–H groups in total. The summed E-state index contributed by atoms with van der Waals surface area (Å²) in [6.07, 6.45) is -0.485. The molecule has 3 aromatic rings. The number of carboxylic acids is 1. The smallest absolute Gasteiger partial charge is 0.323 e. The number of nitrogens with one attached hydrogen (secondary N) is 4. The predicted octanol–water partition coefficient (Wildman–Crippen LogP) is 4.64. The summed E-state index contributed by atoms with van der Waals surface area (Å²) < 4.78 is 10.5. The number of anilines is 3. The van der Waals surface area contributed by atoms with Crippen LogP contribution in [0.4, 0.5) is 21.9 Å². The highest BCUT2D eigenvalue weighted by molar-refractivity contribution is 6.00. The fourth-order valence-electron chi connectivity index (χ4n) is 3.85. The Hall–Kier alpha value is -5.06. The van der Waals surface area contributed by atoms with Crippen molar-refractivity contribution in [2.75, 3.05) is 30.2 Å². The molecule has 11 heteroatoms. The molecule has 0 fully saturated rings. The van der Waals surface area contributed by atoms with E-state index in [0.29, 0.717) is 34.1 Å². The zero-order valence-electron chi connectivity index (χ0n) is 22.4. The maximum absolute atomic E-state index is 12.9. The second-order valence-electron chi connectivity index (χ2n) is 8.95. The van der Waals surface area contributed by atoms with Crippen molar-refractivity contribution < 1.29 is 33.8 Å². The van der Waals surface area contributed by atoms with E-state index in [1.54, 1.807) is 61.5 Å². The van der Waals surface area contributed by atoms with Crippen LogP contribution in [0.2, 0.25) is 0 Å². The maximum Gasteiger partial charge on any atom is 0.323 e. The van der Waals surface area contributed by atoms with Crippen LogP contribution >= 0.6 is 0 Å². The molecule has 0 radical (unpaired) electrons. The van der Waals surface area contributed by atoms with Gasteiger partial charge in [-0.1, -0.05) is 31.2 Å². The van der Waals surface area contributed by atoms with Gasteiger partial charge in [-0.2, -0.15) is 0 Å². The summed E-state index contributed by atoms with van der Waals surface area (Å²) in [5, 5.41) is 20.2. The van der Waals surface area contributed by atoms with Crippen LogP contribution in [-0.4, -0.2) is 43.1 Å². The largest absolute Gasteiger partial charge is 0.493 e. The van der Waals surface area contributed by atoms with Gasteiger partial charge in [0, 0.05) is 29.4 Å². The van der Waals surface area contributed by atoms with E-state index in [9.17, 15) is 24.3 Å². The summed E-state index contributed by atoms with van der Waals surface area (Å²) in [4.78, 5) is 49.1. The fraction of sp³-hybridized carbons (Fsp3) is 0.241. The number of hydrogen-bond donors (Lipinski definition) is 5. The molecule has 4 amide bonds. The summed E-state index contributed by atoms with van der Waals surface area (Å²) in [5.74, 6) is -1.84. The van der Waals surface area contributed by atoms with E-state index in [1.165, 1.54) is 14.2 Å².